The number of pyridine rings is 1. The van der Waals surface area contributed by atoms with Gasteiger partial charge in [0.1, 0.15) is 0 Å². The van der Waals surface area contributed by atoms with Crippen molar-refractivity contribution in [3.63, 3.8) is 0 Å². The van der Waals surface area contributed by atoms with E-state index in [1.807, 2.05) is 23.2 Å². The van der Waals surface area contributed by atoms with Crippen molar-refractivity contribution in [1.29, 1.82) is 0 Å². The molecule has 104 valence electrons. The maximum atomic E-state index is 12.1. The molecule has 0 aromatic carbocycles. The van der Waals surface area contributed by atoms with Crippen LogP contribution in [0.2, 0.25) is 0 Å². The number of amides is 1. The highest BCUT2D eigenvalue weighted by Gasteiger charge is 2.22. The van der Waals surface area contributed by atoms with E-state index in [0.717, 1.165) is 30.7 Å². The molecule has 2 heterocycles. The number of likely N-dealkylation sites (tertiary alicyclic amines) is 1. The first kappa shape index (κ1) is 14.3. The van der Waals surface area contributed by atoms with Gasteiger partial charge in [0.2, 0.25) is 5.91 Å². The number of aliphatic hydroxyl groups is 1. The van der Waals surface area contributed by atoms with Crippen molar-refractivity contribution in [2.75, 3.05) is 25.4 Å². The van der Waals surface area contributed by atoms with E-state index in [4.69, 9.17) is 5.11 Å². The summed E-state index contributed by atoms with van der Waals surface area (Å²) in [7, 11) is 0. The molecule has 2 rings (SSSR count). The highest BCUT2D eigenvalue weighted by Crippen LogP contribution is 2.18. The van der Waals surface area contributed by atoms with E-state index in [9.17, 15) is 4.79 Å². The molecule has 0 radical (unpaired) electrons. The minimum absolute atomic E-state index is 0.187. The standard InChI is InChI=1S/C14H20N2O2S/c17-9-13-4-2-6-16(8-13)14(18)11-19-10-12-3-1-5-15-7-12/h1,3,5,7,13,17H,2,4,6,8-11H2. The molecule has 0 aliphatic carbocycles. The lowest BCUT2D eigenvalue weighted by Crippen LogP contribution is -2.41. The van der Waals surface area contributed by atoms with Crippen LogP contribution in [-0.2, 0) is 10.5 Å². The second-order valence-electron chi connectivity index (χ2n) is 4.88. The van der Waals surface area contributed by atoms with Gasteiger partial charge in [-0.15, -0.1) is 11.8 Å². The molecular formula is C14H20N2O2S. The molecule has 0 bridgehead atoms. The van der Waals surface area contributed by atoms with Gasteiger partial charge in [0, 0.05) is 37.8 Å². The van der Waals surface area contributed by atoms with E-state index in [-0.39, 0.29) is 18.4 Å². The van der Waals surface area contributed by atoms with Crippen LogP contribution in [0.3, 0.4) is 0 Å². The molecular weight excluding hydrogens is 260 g/mol. The Bertz CT molecular complexity index is 400. The molecule has 1 aliphatic rings. The van der Waals surface area contributed by atoms with Crippen LogP contribution in [0.25, 0.3) is 0 Å². The lowest BCUT2D eigenvalue weighted by Gasteiger charge is -2.31. The summed E-state index contributed by atoms with van der Waals surface area (Å²) < 4.78 is 0. The molecule has 1 aromatic heterocycles. The van der Waals surface area contributed by atoms with Crippen molar-refractivity contribution in [3.05, 3.63) is 30.1 Å². The molecule has 1 aliphatic heterocycles. The average molecular weight is 280 g/mol. The second-order valence-corrected chi connectivity index (χ2v) is 5.87. The number of rotatable bonds is 5. The Kier molecular flexibility index (Phi) is 5.66. The van der Waals surface area contributed by atoms with Gasteiger partial charge in [-0.25, -0.2) is 0 Å². The predicted molar refractivity (Wildman–Crippen MR) is 76.8 cm³/mol. The first-order valence-corrected chi connectivity index (χ1v) is 7.80. The highest BCUT2D eigenvalue weighted by atomic mass is 32.2. The predicted octanol–water partition coefficient (Wildman–Crippen LogP) is 1.55. The largest absolute Gasteiger partial charge is 0.396 e. The zero-order chi connectivity index (χ0) is 13.5. The van der Waals surface area contributed by atoms with Crippen LogP contribution in [-0.4, -0.2) is 46.3 Å². The monoisotopic (exact) mass is 280 g/mol. The van der Waals surface area contributed by atoms with Crippen LogP contribution in [0.4, 0.5) is 0 Å². The van der Waals surface area contributed by atoms with Crippen LogP contribution < -0.4 is 0 Å². The van der Waals surface area contributed by atoms with Crippen LogP contribution >= 0.6 is 11.8 Å². The van der Waals surface area contributed by atoms with Gasteiger partial charge in [-0.3, -0.25) is 9.78 Å². The normalized spacial score (nSPS) is 19.4. The number of hydrogen-bond acceptors (Lipinski definition) is 4. The molecule has 1 aromatic rings. The van der Waals surface area contributed by atoms with Crippen molar-refractivity contribution in [1.82, 2.24) is 9.88 Å². The van der Waals surface area contributed by atoms with Crippen molar-refractivity contribution in [2.45, 2.75) is 18.6 Å². The fourth-order valence-electron chi connectivity index (χ4n) is 2.27. The topological polar surface area (TPSA) is 53.4 Å². The molecule has 1 N–H and O–H groups in total. The van der Waals surface area contributed by atoms with Crippen LogP contribution in [0.15, 0.2) is 24.5 Å². The van der Waals surface area contributed by atoms with E-state index >= 15 is 0 Å². The summed E-state index contributed by atoms with van der Waals surface area (Å²) in [6.07, 6.45) is 5.62. The summed E-state index contributed by atoms with van der Waals surface area (Å²) in [4.78, 5) is 18.0. The maximum absolute atomic E-state index is 12.1. The van der Waals surface area contributed by atoms with E-state index in [1.54, 1.807) is 18.0 Å². The zero-order valence-corrected chi connectivity index (χ0v) is 11.8. The van der Waals surface area contributed by atoms with E-state index in [0.29, 0.717) is 12.3 Å². The fourth-order valence-corrected chi connectivity index (χ4v) is 3.14. The highest BCUT2D eigenvalue weighted by molar-refractivity contribution is 7.99. The Hall–Kier alpha value is -1.07. The summed E-state index contributed by atoms with van der Waals surface area (Å²) in [6, 6.07) is 3.93. The van der Waals surface area contributed by atoms with Crippen molar-refractivity contribution in [2.24, 2.45) is 5.92 Å². The van der Waals surface area contributed by atoms with E-state index < -0.39 is 0 Å². The van der Waals surface area contributed by atoms with Crippen molar-refractivity contribution < 1.29 is 9.90 Å². The van der Waals surface area contributed by atoms with Gasteiger partial charge in [-0.05, 0) is 30.4 Å². The van der Waals surface area contributed by atoms with Gasteiger partial charge in [0.25, 0.3) is 0 Å². The van der Waals surface area contributed by atoms with Gasteiger partial charge >= 0.3 is 0 Å². The number of hydrogen-bond donors (Lipinski definition) is 1. The molecule has 0 spiro atoms. The van der Waals surface area contributed by atoms with Crippen LogP contribution in [0.1, 0.15) is 18.4 Å². The third-order valence-electron chi connectivity index (χ3n) is 3.35. The summed E-state index contributed by atoms with van der Waals surface area (Å²) >= 11 is 1.62. The minimum Gasteiger partial charge on any atom is -0.396 e. The summed E-state index contributed by atoms with van der Waals surface area (Å²) in [5.74, 6) is 1.78. The Morgan fingerprint density at radius 2 is 2.47 bits per heavy atom. The van der Waals surface area contributed by atoms with Gasteiger partial charge in [0.05, 0.1) is 5.75 Å². The Labute approximate surface area is 118 Å². The fraction of sp³-hybridized carbons (Fsp3) is 0.571. The first-order valence-electron chi connectivity index (χ1n) is 6.65. The third-order valence-corrected chi connectivity index (χ3v) is 4.34. The van der Waals surface area contributed by atoms with Crippen LogP contribution in [0, 0.1) is 5.92 Å². The Morgan fingerprint density at radius 1 is 1.58 bits per heavy atom. The molecule has 4 nitrogen and oxygen atoms in total. The quantitative estimate of drug-likeness (QED) is 0.889. The summed E-state index contributed by atoms with van der Waals surface area (Å²) in [6.45, 7) is 1.73. The Balaban J connectivity index is 1.72. The molecule has 19 heavy (non-hydrogen) atoms. The number of carbonyl (C=O) groups is 1. The first-order chi connectivity index (χ1) is 9.29. The SMILES string of the molecule is O=C(CSCc1cccnc1)N1CCCC(CO)C1. The van der Waals surface area contributed by atoms with Crippen molar-refractivity contribution in [3.8, 4) is 0 Å². The van der Waals surface area contributed by atoms with Gasteiger partial charge in [-0.2, -0.15) is 0 Å². The third kappa shape index (κ3) is 4.51. The van der Waals surface area contributed by atoms with Crippen LogP contribution in [0.5, 0.6) is 0 Å². The molecule has 1 amide bonds. The number of carbonyl (C=O) groups excluding carboxylic acids is 1. The maximum Gasteiger partial charge on any atom is 0.232 e. The number of aromatic nitrogens is 1. The van der Waals surface area contributed by atoms with E-state index in [2.05, 4.69) is 4.98 Å². The number of nitrogens with zero attached hydrogens (tertiary/aromatic N) is 2. The summed E-state index contributed by atoms with van der Waals surface area (Å²) in [5, 5.41) is 9.17. The Morgan fingerprint density at radius 3 is 3.21 bits per heavy atom. The van der Waals surface area contributed by atoms with Gasteiger partial charge < -0.3 is 10.0 Å². The molecule has 1 unspecified atom stereocenters. The zero-order valence-electron chi connectivity index (χ0n) is 11.0. The number of thioether (sulfide) groups is 1. The minimum atomic E-state index is 0.187. The molecule has 5 heteroatoms. The van der Waals surface area contributed by atoms with Gasteiger partial charge in [-0.1, -0.05) is 6.07 Å². The lowest BCUT2D eigenvalue weighted by atomic mass is 9.99. The molecule has 1 atom stereocenters. The molecule has 1 fully saturated rings. The van der Waals surface area contributed by atoms with Gasteiger partial charge in [0.15, 0.2) is 0 Å². The molecule has 0 saturated carbocycles. The average Bonchev–Trinajstić information content (AvgIpc) is 2.48. The lowest BCUT2D eigenvalue weighted by molar-refractivity contribution is -0.130. The summed E-state index contributed by atoms with van der Waals surface area (Å²) in [5.41, 5.74) is 1.15. The molecule has 1 saturated heterocycles. The number of piperidine rings is 1. The van der Waals surface area contributed by atoms with Crippen molar-refractivity contribution >= 4 is 17.7 Å². The smallest absolute Gasteiger partial charge is 0.232 e. The van der Waals surface area contributed by atoms with E-state index in [1.165, 1.54) is 0 Å². The second kappa shape index (κ2) is 7.50. The number of aliphatic hydroxyl groups excluding tert-OH is 1.